The summed E-state index contributed by atoms with van der Waals surface area (Å²) in [5, 5.41) is 0. The normalized spacial score (nSPS) is 10.8. The van der Waals surface area contributed by atoms with E-state index in [1.807, 2.05) is 6.08 Å². The minimum absolute atomic E-state index is 0.465. The summed E-state index contributed by atoms with van der Waals surface area (Å²) in [6, 6.07) is 8.79. The molecule has 0 spiro atoms. The van der Waals surface area contributed by atoms with Gasteiger partial charge in [0.15, 0.2) is 0 Å². The van der Waals surface area contributed by atoms with Gasteiger partial charge in [0.1, 0.15) is 0 Å². The molecule has 0 radical (unpaired) electrons. The molecule has 1 aromatic rings. The second kappa shape index (κ2) is 18.7. The van der Waals surface area contributed by atoms with Crippen molar-refractivity contribution in [3.8, 4) is 0 Å². The number of ether oxygens (including phenoxy) is 1. The van der Waals surface area contributed by atoms with E-state index < -0.39 is 5.43 Å². The third kappa shape index (κ3) is 16.2. The average molecular weight is 421 g/mol. The zero-order chi connectivity index (χ0) is 21.0. The highest BCUT2D eigenvalue weighted by Crippen LogP contribution is 2.15. The van der Waals surface area contributed by atoms with Gasteiger partial charge in [0.05, 0.1) is 6.61 Å². The van der Waals surface area contributed by atoms with E-state index in [2.05, 4.69) is 30.8 Å². The fourth-order valence-electron chi connectivity index (χ4n) is 3.70. The van der Waals surface area contributed by atoms with E-state index in [1.165, 1.54) is 101 Å². The minimum Gasteiger partial charge on any atom is -0.454 e. The van der Waals surface area contributed by atoms with Gasteiger partial charge in [-0.15, -0.1) is 0 Å². The molecular weight excluding hydrogens is 380 g/mol. The van der Waals surface area contributed by atoms with Crippen molar-refractivity contribution in [1.82, 2.24) is 0 Å². The Kier molecular flexibility index (Phi) is 16.6. The van der Waals surface area contributed by atoms with Gasteiger partial charge in [0, 0.05) is 11.6 Å². The van der Waals surface area contributed by atoms with Crippen molar-refractivity contribution in [3.63, 3.8) is 0 Å². The van der Waals surface area contributed by atoms with Gasteiger partial charge in [-0.2, -0.15) is 0 Å². The summed E-state index contributed by atoms with van der Waals surface area (Å²) in [5.41, 5.74) is 1.97. The van der Waals surface area contributed by atoms with E-state index in [0.717, 1.165) is 12.8 Å². The molecule has 0 atom stereocenters. The molecule has 0 saturated heterocycles. The van der Waals surface area contributed by atoms with E-state index in [0.29, 0.717) is 6.61 Å². The van der Waals surface area contributed by atoms with E-state index >= 15 is 0 Å². The van der Waals surface area contributed by atoms with Crippen molar-refractivity contribution in [2.24, 2.45) is 0 Å². The maximum Gasteiger partial charge on any atom is 0.403 e. The Hall–Kier alpha value is -1.28. The molecule has 0 unspecified atom stereocenters. The van der Waals surface area contributed by atoms with Crippen molar-refractivity contribution in [2.75, 3.05) is 6.61 Å². The molecule has 29 heavy (non-hydrogen) atoms. The Bertz CT molecular complexity index is 524. The summed E-state index contributed by atoms with van der Waals surface area (Å²) in [6.45, 7) is 4.26. The average Bonchev–Trinajstić information content (AvgIpc) is 2.73. The van der Waals surface area contributed by atoms with E-state index in [-0.39, 0.29) is 0 Å². The van der Waals surface area contributed by atoms with Crippen LogP contribution in [-0.2, 0) is 11.2 Å². The van der Waals surface area contributed by atoms with Crippen molar-refractivity contribution in [1.29, 1.82) is 0 Å². The number of unbranched alkanes of at least 4 members (excludes halogenated alkanes) is 14. The Balaban J connectivity index is 1.74. The summed E-state index contributed by atoms with van der Waals surface area (Å²) < 4.78 is 4.71. The third-order valence-corrected chi connectivity index (χ3v) is 5.65. The second-order valence-corrected chi connectivity index (χ2v) is 8.39. The maximum atomic E-state index is 10.4. The van der Waals surface area contributed by atoms with E-state index in [9.17, 15) is 4.79 Å². The fourth-order valence-corrected chi connectivity index (χ4v) is 3.78. The molecular formula is C26H41ClO2. The first-order valence-electron chi connectivity index (χ1n) is 11.8. The molecule has 0 aliphatic carbocycles. The van der Waals surface area contributed by atoms with Gasteiger partial charge in [-0.1, -0.05) is 120 Å². The predicted octanol–water partition coefficient (Wildman–Crippen LogP) is 9.10. The highest BCUT2D eigenvalue weighted by molar-refractivity contribution is 6.61. The Morgan fingerprint density at radius 3 is 1.55 bits per heavy atom. The third-order valence-electron chi connectivity index (χ3n) is 5.54. The first-order valence-corrected chi connectivity index (χ1v) is 12.1. The summed E-state index contributed by atoms with van der Waals surface area (Å²) >= 11 is 5.11. The maximum absolute atomic E-state index is 10.4. The van der Waals surface area contributed by atoms with Crippen LogP contribution in [0.4, 0.5) is 4.79 Å². The largest absolute Gasteiger partial charge is 0.454 e. The predicted molar refractivity (Wildman–Crippen MR) is 127 cm³/mol. The summed E-state index contributed by atoms with van der Waals surface area (Å²) in [5.74, 6) is 0. The number of halogens is 1. The lowest BCUT2D eigenvalue weighted by molar-refractivity contribution is 0.170. The molecule has 0 amide bonds. The molecule has 3 heteroatoms. The molecule has 0 N–H and O–H groups in total. The lowest BCUT2D eigenvalue weighted by Gasteiger charge is -2.04. The van der Waals surface area contributed by atoms with Crippen LogP contribution in [-0.4, -0.2) is 12.0 Å². The summed E-state index contributed by atoms with van der Waals surface area (Å²) in [7, 11) is 0. The highest BCUT2D eigenvalue weighted by Gasteiger charge is 1.97. The van der Waals surface area contributed by atoms with Crippen LogP contribution < -0.4 is 0 Å². The number of rotatable bonds is 19. The molecule has 2 nitrogen and oxygen atoms in total. The second-order valence-electron chi connectivity index (χ2n) is 8.09. The molecule has 0 heterocycles. The Morgan fingerprint density at radius 2 is 1.14 bits per heavy atom. The van der Waals surface area contributed by atoms with E-state index in [1.54, 1.807) is 0 Å². The first kappa shape index (κ1) is 25.8. The lowest BCUT2D eigenvalue weighted by Crippen LogP contribution is -1.96. The monoisotopic (exact) mass is 420 g/mol. The van der Waals surface area contributed by atoms with Crippen LogP contribution in [0.3, 0.4) is 0 Å². The number of benzene rings is 1. The van der Waals surface area contributed by atoms with Crippen molar-refractivity contribution in [2.45, 2.75) is 103 Å². The summed E-state index contributed by atoms with van der Waals surface area (Å²) in [6.07, 6.45) is 22.9. The molecule has 0 aromatic heterocycles. The van der Waals surface area contributed by atoms with Crippen LogP contribution >= 0.6 is 11.6 Å². The van der Waals surface area contributed by atoms with Crippen LogP contribution in [0, 0.1) is 0 Å². The zero-order valence-corrected chi connectivity index (χ0v) is 19.1. The lowest BCUT2D eigenvalue weighted by atomic mass is 10.0. The van der Waals surface area contributed by atoms with Crippen LogP contribution in [0.15, 0.2) is 30.8 Å². The topological polar surface area (TPSA) is 26.3 Å². The van der Waals surface area contributed by atoms with Crippen LogP contribution in [0.1, 0.15) is 107 Å². The smallest absolute Gasteiger partial charge is 0.403 e. The summed E-state index contributed by atoms with van der Waals surface area (Å²) in [4.78, 5) is 10.4. The number of carbonyl (C=O) groups excluding carboxylic acids is 1. The van der Waals surface area contributed by atoms with Gasteiger partial charge in [-0.05, 0) is 30.4 Å². The SMILES string of the molecule is C=Cc1ccc(CCCCCCCCCCCCCCCCCOC(=O)Cl)cc1. The van der Waals surface area contributed by atoms with Crippen molar-refractivity contribution in [3.05, 3.63) is 42.0 Å². The van der Waals surface area contributed by atoms with Crippen molar-refractivity contribution < 1.29 is 9.53 Å². The van der Waals surface area contributed by atoms with Crippen LogP contribution in [0.2, 0.25) is 0 Å². The molecule has 164 valence electrons. The Morgan fingerprint density at radius 1 is 0.724 bits per heavy atom. The molecule has 0 aliphatic heterocycles. The van der Waals surface area contributed by atoms with Gasteiger partial charge < -0.3 is 4.74 Å². The highest BCUT2D eigenvalue weighted by atomic mass is 35.5. The number of aryl methyl sites for hydroxylation is 1. The van der Waals surface area contributed by atoms with Gasteiger partial charge >= 0.3 is 5.43 Å². The quantitative estimate of drug-likeness (QED) is 0.165. The number of hydrogen-bond acceptors (Lipinski definition) is 2. The fraction of sp³-hybridized carbons (Fsp3) is 0.654. The number of carbonyl (C=O) groups is 1. The van der Waals surface area contributed by atoms with Gasteiger partial charge in [-0.25, -0.2) is 4.79 Å². The minimum atomic E-state index is -0.684. The molecule has 0 aliphatic rings. The van der Waals surface area contributed by atoms with Crippen molar-refractivity contribution >= 4 is 23.1 Å². The van der Waals surface area contributed by atoms with Gasteiger partial charge in [0.2, 0.25) is 0 Å². The first-order chi connectivity index (χ1) is 14.2. The van der Waals surface area contributed by atoms with Gasteiger partial charge in [0.25, 0.3) is 0 Å². The zero-order valence-electron chi connectivity index (χ0n) is 18.3. The van der Waals surface area contributed by atoms with Gasteiger partial charge in [-0.3, -0.25) is 0 Å². The molecule has 1 rings (SSSR count). The molecule has 0 saturated carbocycles. The molecule has 0 bridgehead atoms. The van der Waals surface area contributed by atoms with Crippen LogP contribution in [0.25, 0.3) is 6.08 Å². The van der Waals surface area contributed by atoms with E-state index in [4.69, 9.17) is 16.3 Å². The Labute approximate surface area is 184 Å². The standard InChI is InChI=1S/C26H41ClO2/c1-2-24-19-21-25(22-20-24)18-16-14-12-10-8-6-4-3-5-7-9-11-13-15-17-23-29-26(27)28/h2,19-22H,1,3-18,23H2. The van der Waals surface area contributed by atoms with Crippen LogP contribution in [0.5, 0.6) is 0 Å². The number of hydrogen-bond donors (Lipinski definition) is 0. The molecule has 0 fully saturated rings. The molecule has 1 aromatic carbocycles.